The molecule has 1 aliphatic carbocycles. The monoisotopic (exact) mass is 349 g/mol. The number of hydrogen-bond acceptors (Lipinski definition) is 5. The van der Waals surface area contributed by atoms with Crippen molar-refractivity contribution in [2.45, 2.75) is 56.9 Å². The van der Waals surface area contributed by atoms with Crippen molar-refractivity contribution in [3.63, 3.8) is 0 Å². The summed E-state index contributed by atoms with van der Waals surface area (Å²) in [4.78, 5) is 2.68. The van der Waals surface area contributed by atoms with E-state index in [9.17, 15) is 0 Å². The van der Waals surface area contributed by atoms with E-state index < -0.39 is 0 Å². The number of hydrogen-bond donors (Lipinski definition) is 0. The Kier molecular flexibility index (Phi) is 6.02. The van der Waals surface area contributed by atoms with Crippen LogP contribution in [0.3, 0.4) is 0 Å². The SMILES string of the molecule is c1cnn(CCCO[C@@H]2CC[C@H]3[C@H]2OCCN3CC2CCOCC2)c1. The van der Waals surface area contributed by atoms with Gasteiger partial charge in [0.2, 0.25) is 0 Å². The summed E-state index contributed by atoms with van der Waals surface area (Å²) in [6.07, 6.45) is 10.1. The maximum Gasteiger partial charge on any atom is 0.0991 e. The molecule has 4 rings (SSSR count). The van der Waals surface area contributed by atoms with Crippen molar-refractivity contribution in [1.82, 2.24) is 14.7 Å². The Hall–Kier alpha value is -0.950. The van der Waals surface area contributed by atoms with Crippen LogP contribution < -0.4 is 0 Å². The van der Waals surface area contributed by atoms with E-state index in [1.165, 1.54) is 25.8 Å². The van der Waals surface area contributed by atoms with Gasteiger partial charge in [0.15, 0.2) is 0 Å². The highest BCUT2D eigenvalue weighted by molar-refractivity contribution is 4.96. The number of nitrogens with zero attached hydrogens (tertiary/aromatic N) is 3. The summed E-state index contributed by atoms with van der Waals surface area (Å²) in [7, 11) is 0. The molecule has 1 aromatic heterocycles. The van der Waals surface area contributed by atoms with Gasteiger partial charge in [-0.3, -0.25) is 9.58 Å². The molecule has 1 aromatic rings. The Bertz CT molecular complexity index is 504. The zero-order valence-corrected chi connectivity index (χ0v) is 15.1. The zero-order chi connectivity index (χ0) is 16.9. The summed E-state index contributed by atoms with van der Waals surface area (Å²) < 4.78 is 19.8. The molecule has 0 radical (unpaired) electrons. The number of aryl methyl sites for hydroxylation is 1. The lowest BCUT2D eigenvalue weighted by atomic mass is 9.98. The molecule has 0 aromatic carbocycles. The van der Waals surface area contributed by atoms with E-state index in [2.05, 4.69) is 10.00 Å². The van der Waals surface area contributed by atoms with Crippen molar-refractivity contribution in [1.29, 1.82) is 0 Å². The summed E-state index contributed by atoms with van der Waals surface area (Å²) in [5.74, 6) is 0.793. The van der Waals surface area contributed by atoms with E-state index in [1.807, 2.05) is 23.1 Å². The number of rotatable bonds is 7. The summed E-state index contributed by atoms with van der Waals surface area (Å²) in [5, 5.41) is 4.24. The molecule has 3 fully saturated rings. The number of fused-ring (bicyclic) bond motifs is 1. The van der Waals surface area contributed by atoms with E-state index in [-0.39, 0.29) is 12.2 Å². The normalized spacial score (nSPS) is 31.3. The molecule has 3 atom stereocenters. The third-order valence-electron chi connectivity index (χ3n) is 5.91. The second-order valence-corrected chi connectivity index (χ2v) is 7.56. The van der Waals surface area contributed by atoms with Crippen molar-refractivity contribution in [2.24, 2.45) is 5.92 Å². The maximum atomic E-state index is 6.20. The van der Waals surface area contributed by atoms with Gasteiger partial charge in [0.1, 0.15) is 0 Å². The molecule has 3 heterocycles. The van der Waals surface area contributed by atoms with E-state index in [1.54, 1.807) is 0 Å². The molecule has 1 saturated carbocycles. The van der Waals surface area contributed by atoms with Crippen LogP contribution in [0, 0.1) is 5.92 Å². The van der Waals surface area contributed by atoms with E-state index in [0.29, 0.717) is 6.04 Å². The summed E-state index contributed by atoms with van der Waals surface area (Å²) >= 11 is 0. The van der Waals surface area contributed by atoms with Gasteiger partial charge < -0.3 is 14.2 Å². The lowest BCUT2D eigenvalue weighted by molar-refractivity contribution is -0.117. The zero-order valence-electron chi connectivity index (χ0n) is 15.1. The van der Waals surface area contributed by atoms with Gasteiger partial charge in [-0.1, -0.05) is 0 Å². The van der Waals surface area contributed by atoms with Crippen LogP contribution in [-0.4, -0.2) is 72.4 Å². The Morgan fingerprint density at radius 3 is 2.88 bits per heavy atom. The molecular weight excluding hydrogens is 318 g/mol. The molecule has 0 unspecified atom stereocenters. The second-order valence-electron chi connectivity index (χ2n) is 7.56. The van der Waals surface area contributed by atoms with Crippen molar-refractivity contribution in [3.05, 3.63) is 18.5 Å². The molecule has 0 amide bonds. The largest absolute Gasteiger partial charge is 0.381 e. The topological polar surface area (TPSA) is 48.8 Å². The highest BCUT2D eigenvalue weighted by Crippen LogP contribution is 2.33. The van der Waals surface area contributed by atoms with Crippen molar-refractivity contribution in [3.8, 4) is 0 Å². The molecule has 140 valence electrons. The van der Waals surface area contributed by atoms with Gasteiger partial charge in [-0.15, -0.1) is 0 Å². The first-order valence-electron chi connectivity index (χ1n) is 9.92. The standard InChI is InChI=1S/C19H31N3O3/c1-7-20-22(8-1)9-2-11-24-18-4-3-17-19(18)25-14-10-21(17)15-16-5-12-23-13-6-16/h1,7-8,16-19H,2-6,9-15H2/t17-,18+,19+/m0/s1. The maximum absolute atomic E-state index is 6.20. The Balaban J connectivity index is 1.23. The first-order chi connectivity index (χ1) is 12.4. The van der Waals surface area contributed by atoms with Crippen LogP contribution in [0.15, 0.2) is 18.5 Å². The molecule has 2 saturated heterocycles. The van der Waals surface area contributed by atoms with Crippen LogP contribution >= 0.6 is 0 Å². The molecule has 3 aliphatic rings. The van der Waals surface area contributed by atoms with Gasteiger partial charge >= 0.3 is 0 Å². The van der Waals surface area contributed by atoms with Gasteiger partial charge in [-0.25, -0.2) is 0 Å². The molecule has 2 aliphatic heterocycles. The predicted octanol–water partition coefficient (Wildman–Crippen LogP) is 1.95. The third-order valence-corrected chi connectivity index (χ3v) is 5.91. The molecule has 0 spiro atoms. The molecular formula is C19H31N3O3. The van der Waals surface area contributed by atoms with E-state index in [4.69, 9.17) is 14.2 Å². The van der Waals surface area contributed by atoms with Gasteiger partial charge in [-0.05, 0) is 44.1 Å². The van der Waals surface area contributed by atoms with E-state index in [0.717, 1.165) is 58.3 Å². The summed E-state index contributed by atoms with van der Waals surface area (Å²) in [5.41, 5.74) is 0. The van der Waals surface area contributed by atoms with Crippen molar-refractivity contribution >= 4 is 0 Å². The van der Waals surface area contributed by atoms with Gasteiger partial charge in [0.05, 0.1) is 18.8 Å². The fraction of sp³-hybridized carbons (Fsp3) is 0.842. The number of aromatic nitrogens is 2. The minimum Gasteiger partial charge on any atom is -0.381 e. The summed E-state index contributed by atoms with van der Waals surface area (Å²) in [6.45, 7) is 6.71. The lowest BCUT2D eigenvalue weighted by Crippen LogP contribution is -2.53. The molecule has 6 heteroatoms. The lowest BCUT2D eigenvalue weighted by Gasteiger charge is -2.41. The fourth-order valence-electron chi connectivity index (χ4n) is 4.55. The van der Waals surface area contributed by atoms with Crippen LogP contribution in [0.5, 0.6) is 0 Å². The Labute approximate surface area is 150 Å². The average Bonchev–Trinajstić information content (AvgIpc) is 3.30. The minimum absolute atomic E-state index is 0.262. The Morgan fingerprint density at radius 2 is 2.04 bits per heavy atom. The van der Waals surface area contributed by atoms with Crippen molar-refractivity contribution in [2.75, 3.05) is 39.5 Å². The fourth-order valence-corrected chi connectivity index (χ4v) is 4.55. The second kappa shape index (κ2) is 8.62. The van der Waals surface area contributed by atoms with Crippen LogP contribution in [0.2, 0.25) is 0 Å². The number of ether oxygens (including phenoxy) is 3. The Morgan fingerprint density at radius 1 is 1.12 bits per heavy atom. The van der Waals surface area contributed by atoms with Gasteiger partial charge in [0, 0.05) is 57.9 Å². The summed E-state index contributed by atoms with van der Waals surface area (Å²) in [6, 6.07) is 2.51. The van der Waals surface area contributed by atoms with Crippen LogP contribution in [0.4, 0.5) is 0 Å². The number of morpholine rings is 1. The molecule has 0 bridgehead atoms. The molecule has 0 N–H and O–H groups in total. The highest BCUT2D eigenvalue weighted by atomic mass is 16.5. The smallest absolute Gasteiger partial charge is 0.0991 e. The van der Waals surface area contributed by atoms with Gasteiger partial charge in [-0.2, -0.15) is 5.10 Å². The predicted molar refractivity (Wildman–Crippen MR) is 94.5 cm³/mol. The van der Waals surface area contributed by atoms with Crippen LogP contribution in [-0.2, 0) is 20.8 Å². The van der Waals surface area contributed by atoms with Crippen LogP contribution in [0.1, 0.15) is 32.1 Å². The van der Waals surface area contributed by atoms with Crippen molar-refractivity contribution < 1.29 is 14.2 Å². The molecule has 25 heavy (non-hydrogen) atoms. The third kappa shape index (κ3) is 4.42. The molecule has 6 nitrogen and oxygen atoms in total. The van der Waals surface area contributed by atoms with Gasteiger partial charge in [0.25, 0.3) is 0 Å². The minimum atomic E-state index is 0.262. The highest BCUT2D eigenvalue weighted by Gasteiger charge is 2.43. The first-order valence-corrected chi connectivity index (χ1v) is 9.92. The first kappa shape index (κ1) is 17.5. The van der Waals surface area contributed by atoms with E-state index >= 15 is 0 Å². The quantitative estimate of drug-likeness (QED) is 0.704. The van der Waals surface area contributed by atoms with Crippen LogP contribution in [0.25, 0.3) is 0 Å². The average molecular weight is 349 g/mol.